The molecule has 1 heterocycles. The molecule has 1 atom stereocenters. The summed E-state index contributed by atoms with van der Waals surface area (Å²) in [5, 5.41) is 20.1. The van der Waals surface area contributed by atoms with E-state index in [0.717, 1.165) is 25.2 Å². The van der Waals surface area contributed by atoms with E-state index in [1.807, 2.05) is 6.07 Å². The van der Waals surface area contributed by atoms with Crippen molar-refractivity contribution in [2.75, 3.05) is 23.4 Å². The van der Waals surface area contributed by atoms with Gasteiger partial charge in [-0.15, -0.1) is 0 Å². The minimum atomic E-state index is -0.548. The van der Waals surface area contributed by atoms with Gasteiger partial charge in [0.05, 0.1) is 11.4 Å². The average Bonchev–Trinajstić information content (AvgIpc) is 2.54. The molecule has 0 spiro atoms. The zero-order valence-corrected chi connectivity index (χ0v) is 13.5. The molecule has 1 aliphatic rings. The van der Waals surface area contributed by atoms with Crippen molar-refractivity contribution >= 4 is 28.8 Å². The molecule has 8 heteroatoms. The van der Waals surface area contributed by atoms with Crippen LogP contribution in [0.5, 0.6) is 0 Å². The molecular formula is C16H21N7O. The number of hydrogen-bond acceptors (Lipinski definition) is 6. The molecule has 24 heavy (non-hydrogen) atoms. The van der Waals surface area contributed by atoms with E-state index in [9.17, 15) is 4.79 Å². The molecule has 8 nitrogen and oxygen atoms in total. The molecule has 1 unspecified atom stereocenters. The lowest BCUT2D eigenvalue weighted by Gasteiger charge is -2.34. The fourth-order valence-corrected chi connectivity index (χ4v) is 2.72. The molecule has 1 fully saturated rings. The number of benzene rings is 1. The van der Waals surface area contributed by atoms with Gasteiger partial charge in [-0.2, -0.15) is 10.4 Å². The fourth-order valence-electron chi connectivity index (χ4n) is 2.72. The van der Waals surface area contributed by atoms with E-state index < -0.39 is 11.7 Å². The van der Waals surface area contributed by atoms with Crippen molar-refractivity contribution in [1.82, 2.24) is 0 Å². The summed E-state index contributed by atoms with van der Waals surface area (Å²) in [6.07, 6.45) is 2.26. The number of amidine groups is 1. The highest BCUT2D eigenvalue weighted by Gasteiger charge is 2.20. The molecule has 1 amide bonds. The summed E-state index contributed by atoms with van der Waals surface area (Å²) in [4.78, 5) is 13.6. The van der Waals surface area contributed by atoms with Crippen LogP contribution in [-0.2, 0) is 0 Å². The predicted molar refractivity (Wildman–Crippen MR) is 94.2 cm³/mol. The average molecular weight is 327 g/mol. The number of primary amides is 1. The van der Waals surface area contributed by atoms with Crippen LogP contribution in [-0.4, -0.2) is 30.5 Å². The van der Waals surface area contributed by atoms with E-state index >= 15 is 0 Å². The second-order valence-corrected chi connectivity index (χ2v) is 5.89. The Labute approximate surface area is 140 Å². The Morgan fingerprint density at radius 2 is 2.25 bits per heavy atom. The van der Waals surface area contributed by atoms with Crippen molar-refractivity contribution in [3.63, 3.8) is 0 Å². The van der Waals surface area contributed by atoms with Gasteiger partial charge in [-0.3, -0.25) is 15.6 Å². The molecule has 0 aliphatic carbocycles. The molecule has 0 bridgehead atoms. The third-order valence-corrected chi connectivity index (χ3v) is 3.93. The van der Waals surface area contributed by atoms with Crippen LogP contribution in [0.1, 0.15) is 30.1 Å². The minimum absolute atomic E-state index is 0.225. The molecule has 0 radical (unpaired) electrons. The maximum absolute atomic E-state index is 11.4. The highest BCUT2D eigenvalue weighted by Crippen LogP contribution is 2.31. The summed E-state index contributed by atoms with van der Waals surface area (Å²) in [7, 11) is 0. The molecule has 0 aromatic heterocycles. The number of carbonyl (C=O) groups excluding carboxylic acids is 1. The summed E-state index contributed by atoms with van der Waals surface area (Å²) < 4.78 is 0. The molecule has 1 aromatic rings. The first kappa shape index (κ1) is 17.3. The van der Waals surface area contributed by atoms with Gasteiger partial charge >= 0.3 is 0 Å². The molecule has 1 aliphatic heterocycles. The highest BCUT2D eigenvalue weighted by atomic mass is 16.1. The standard InChI is InChI=1S/C16H21N7O/c1-10-3-2-6-23(9-10)14-5-4-11(16(20)24)7-12(14)21-22-13(8-17)15(18)19/h4-5,7,10,21H,2-3,6,9H2,1H3,(H3,18,19)(H2,20,24)/b22-13+. The van der Waals surface area contributed by atoms with Crippen LogP contribution in [0.25, 0.3) is 0 Å². The van der Waals surface area contributed by atoms with E-state index in [0.29, 0.717) is 17.2 Å². The largest absolute Gasteiger partial charge is 0.382 e. The number of rotatable bonds is 5. The molecule has 0 saturated carbocycles. The highest BCUT2D eigenvalue weighted by molar-refractivity contribution is 6.45. The second kappa shape index (κ2) is 7.46. The lowest BCUT2D eigenvalue weighted by atomic mass is 9.99. The van der Waals surface area contributed by atoms with E-state index in [4.69, 9.17) is 22.1 Å². The normalized spacial score (nSPS) is 17.9. The summed E-state index contributed by atoms with van der Waals surface area (Å²) >= 11 is 0. The number of piperidine rings is 1. The van der Waals surface area contributed by atoms with E-state index in [-0.39, 0.29) is 5.71 Å². The number of nitriles is 1. The lowest BCUT2D eigenvalue weighted by molar-refractivity contribution is 0.100. The fraction of sp³-hybridized carbons (Fsp3) is 0.375. The lowest BCUT2D eigenvalue weighted by Crippen LogP contribution is -2.34. The SMILES string of the molecule is CC1CCCN(c2ccc(C(N)=O)cc2N/N=C(\C#N)C(=N)N)C1. The van der Waals surface area contributed by atoms with E-state index in [1.54, 1.807) is 18.2 Å². The first-order chi connectivity index (χ1) is 11.4. The van der Waals surface area contributed by atoms with Crippen LogP contribution in [0.3, 0.4) is 0 Å². The van der Waals surface area contributed by atoms with E-state index in [2.05, 4.69) is 22.4 Å². The Morgan fingerprint density at radius 1 is 1.50 bits per heavy atom. The quantitative estimate of drug-likeness (QED) is 0.365. The molecule has 1 saturated heterocycles. The first-order valence-corrected chi connectivity index (χ1v) is 7.69. The number of hydrogen-bond donors (Lipinski definition) is 4. The van der Waals surface area contributed by atoms with Crippen molar-refractivity contribution in [1.29, 1.82) is 10.7 Å². The number of nitrogens with two attached hydrogens (primary N) is 2. The number of amides is 1. The second-order valence-electron chi connectivity index (χ2n) is 5.89. The maximum Gasteiger partial charge on any atom is 0.248 e. The molecule has 1 aromatic carbocycles. The van der Waals surface area contributed by atoms with Crippen LogP contribution >= 0.6 is 0 Å². The first-order valence-electron chi connectivity index (χ1n) is 7.69. The summed E-state index contributed by atoms with van der Waals surface area (Å²) in [6.45, 7) is 3.99. The van der Waals surface area contributed by atoms with Gasteiger partial charge in [-0.1, -0.05) is 6.92 Å². The van der Waals surface area contributed by atoms with Crippen LogP contribution in [0.2, 0.25) is 0 Å². The van der Waals surface area contributed by atoms with Crippen LogP contribution in [0.15, 0.2) is 23.3 Å². The summed E-state index contributed by atoms with van der Waals surface area (Å²) in [5.74, 6) is -0.408. The van der Waals surface area contributed by atoms with Crippen molar-refractivity contribution in [3.05, 3.63) is 23.8 Å². The Bertz CT molecular complexity index is 720. The Hall–Kier alpha value is -3.08. The van der Waals surface area contributed by atoms with Gasteiger partial charge in [0, 0.05) is 18.7 Å². The van der Waals surface area contributed by atoms with Gasteiger partial charge in [0.1, 0.15) is 6.07 Å². The number of nitrogens with zero attached hydrogens (tertiary/aromatic N) is 3. The Kier molecular flexibility index (Phi) is 5.37. The predicted octanol–water partition coefficient (Wildman–Crippen LogP) is 1.25. The zero-order chi connectivity index (χ0) is 17.7. The zero-order valence-electron chi connectivity index (χ0n) is 13.5. The number of hydrazone groups is 1. The third-order valence-electron chi connectivity index (χ3n) is 3.93. The van der Waals surface area contributed by atoms with Gasteiger partial charge in [0.25, 0.3) is 0 Å². The van der Waals surface area contributed by atoms with Gasteiger partial charge in [0.15, 0.2) is 5.84 Å². The molecule has 126 valence electrons. The number of carbonyl (C=O) groups is 1. The number of anilines is 2. The monoisotopic (exact) mass is 327 g/mol. The Balaban J connectivity index is 2.38. The molecule has 6 N–H and O–H groups in total. The Morgan fingerprint density at radius 3 is 2.83 bits per heavy atom. The van der Waals surface area contributed by atoms with E-state index in [1.165, 1.54) is 6.42 Å². The van der Waals surface area contributed by atoms with Gasteiger partial charge in [-0.05, 0) is 37.0 Å². The van der Waals surface area contributed by atoms with Crippen molar-refractivity contribution in [2.45, 2.75) is 19.8 Å². The smallest absolute Gasteiger partial charge is 0.248 e. The molecule has 2 rings (SSSR count). The van der Waals surface area contributed by atoms with Gasteiger partial charge in [0.2, 0.25) is 11.6 Å². The van der Waals surface area contributed by atoms with Gasteiger partial charge in [-0.25, -0.2) is 0 Å². The van der Waals surface area contributed by atoms with Crippen LogP contribution < -0.4 is 21.8 Å². The number of nitrogens with one attached hydrogen (secondary N) is 2. The van der Waals surface area contributed by atoms with Crippen LogP contribution in [0.4, 0.5) is 11.4 Å². The van der Waals surface area contributed by atoms with Crippen molar-refractivity contribution in [3.8, 4) is 6.07 Å². The van der Waals surface area contributed by atoms with Crippen molar-refractivity contribution in [2.24, 2.45) is 22.5 Å². The maximum atomic E-state index is 11.4. The summed E-state index contributed by atoms with van der Waals surface area (Å²) in [6, 6.07) is 6.82. The minimum Gasteiger partial charge on any atom is -0.382 e. The third kappa shape index (κ3) is 4.01. The summed E-state index contributed by atoms with van der Waals surface area (Å²) in [5.41, 5.74) is 14.9. The van der Waals surface area contributed by atoms with Gasteiger partial charge < -0.3 is 16.4 Å². The topological polar surface area (TPSA) is 144 Å². The van der Waals surface area contributed by atoms with Crippen LogP contribution in [0, 0.1) is 22.7 Å². The molecular weight excluding hydrogens is 306 g/mol. The van der Waals surface area contributed by atoms with Crippen molar-refractivity contribution < 1.29 is 4.79 Å².